The van der Waals surface area contributed by atoms with Crippen LogP contribution in [0.1, 0.15) is 32.8 Å². The van der Waals surface area contributed by atoms with Crippen molar-refractivity contribution in [2.75, 3.05) is 0 Å². The Morgan fingerprint density at radius 3 is 2.50 bits per heavy atom. The fraction of sp³-hybridized carbons (Fsp3) is 0.500. The zero-order valence-corrected chi connectivity index (χ0v) is 13.3. The molecule has 1 heterocycles. The minimum atomic E-state index is -1.02. The maximum absolute atomic E-state index is 11.7. The highest BCUT2D eigenvalue weighted by atomic mass is 79.9. The zero-order chi connectivity index (χ0) is 15.3. The Kier molecular flexibility index (Phi) is 5.68. The highest BCUT2D eigenvalue weighted by molar-refractivity contribution is 9.10. The van der Waals surface area contributed by atoms with E-state index in [1.54, 1.807) is 39.1 Å². The number of pyridine rings is 1. The molecule has 1 aromatic heterocycles. The average Bonchev–Trinajstić information content (AvgIpc) is 2.28. The lowest BCUT2D eigenvalue weighted by atomic mass is 9.97. The molecule has 1 aromatic rings. The number of aromatic nitrogens is 1. The number of rotatable bonds is 5. The van der Waals surface area contributed by atoms with Crippen LogP contribution in [-0.2, 0) is 20.7 Å². The zero-order valence-electron chi connectivity index (χ0n) is 11.7. The van der Waals surface area contributed by atoms with Crippen molar-refractivity contribution < 1.29 is 19.4 Å². The number of aliphatic carboxylic acids is 1. The number of halogens is 1. The van der Waals surface area contributed by atoms with Gasteiger partial charge in [0.1, 0.15) is 10.2 Å². The van der Waals surface area contributed by atoms with Gasteiger partial charge < -0.3 is 9.84 Å². The van der Waals surface area contributed by atoms with E-state index >= 15 is 0 Å². The van der Waals surface area contributed by atoms with Gasteiger partial charge in [-0.3, -0.25) is 9.59 Å². The number of carboxylic acid groups (broad SMARTS) is 1. The van der Waals surface area contributed by atoms with E-state index in [-0.39, 0.29) is 12.8 Å². The SMILES string of the molecule is CC(C)(C)OC(=O)CC(Cc1ccc(Br)nc1)C(=O)O. The first-order valence-electron chi connectivity index (χ1n) is 6.22. The van der Waals surface area contributed by atoms with Gasteiger partial charge in [-0.25, -0.2) is 4.98 Å². The van der Waals surface area contributed by atoms with Gasteiger partial charge in [0, 0.05) is 6.20 Å². The number of hydrogen-bond donors (Lipinski definition) is 1. The summed E-state index contributed by atoms with van der Waals surface area (Å²) in [6.07, 6.45) is 1.69. The molecule has 0 fully saturated rings. The summed E-state index contributed by atoms with van der Waals surface area (Å²) in [5.74, 6) is -2.33. The van der Waals surface area contributed by atoms with E-state index in [2.05, 4.69) is 20.9 Å². The Morgan fingerprint density at radius 2 is 2.05 bits per heavy atom. The van der Waals surface area contributed by atoms with Crippen LogP contribution in [0.15, 0.2) is 22.9 Å². The highest BCUT2D eigenvalue weighted by Gasteiger charge is 2.25. The van der Waals surface area contributed by atoms with E-state index in [0.717, 1.165) is 5.56 Å². The summed E-state index contributed by atoms with van der Waals surface area (Å²) < 4.78 is 5.83. The molecule has 0 aliphatic carbocycles. The van der Waals surface area contributed by atoms with E-state index in [1.807, 2.05) is 0 Å². The van der Waals surface area contributed by atoms with Gasteiger partial charge >= 0.3 is 11.9 Å². The molecule has 1 atom stereocenters. The quantitative estimate of drug-likeness (QED) is 0.657. The number of carbonyl (C=O) groups excluding carboxylic acids is 1. The van der Waals surface area contributed by atoms with Crippen molar-refractivity contribution in [3.63, 3.8) is 0 Å². The molecule has 20 heavy (non-hydrogen) atoms. The summed E-state index contributed by atoms with van der Waals surface area (Å²) in [7, 11) is 0. The Balaban J connectivity index is 2.68. The Morgan fingerprint density at radius 1 is 1.40 bits per heavy atom. The maximum Gasteiger partial charge on any atom is 0.307 e. The lowest BCUT2D eigenvalue weighted by molar-refractivity contribution is -0.159. The second-order valence-corrected chi connectivity index (χ2v) is 6.33. The number of carbonyl (C=O) groups is 2. The summed E-state index contributed by atoms with van der Waals surface area (Å²) in [5, 5.41) is 9.20. The largest absolute Gasteiger partial charge is 0.481 e. The van der Waals surface area contributed by atoms with E-state index < -0.39 is 23.5 Å². The summed E-state index contributed by atoms with van der Waals surface area (Å²) in [4.78, 5) is 27.0. The van der Waals surface area contributed by atoms with Gasteiger partial charge in [-0.15, -0.1) is 0 Å². The first kappa shape index (κ1) is 16.6. The fourth-order valence-electron chi connectivity index (χ4n) is 1.64. The molecule has 0 aromatic carbocycles. The standard InChI is InChI=1S/C14H18BrNO4/c1-14(2,3)20-12(17)7-10(13(18)19)6-9-4-5-11(15)16-8-9/h4-5,8,10H,6-7H2,1-3H3,(H,18,19). The molecule has 0 radical (unpaired) electrons. The van der Waals surface area contributed by atoms with Crippen molar-refractivity contribution in [3.8, 4) is 0 Å². The molecule has 0 spiro atoms. The van der Waals surface area contributed by atoms with Crippen molar-refractivity contribution in [1.29, 1.82) is 0 Å². The molecule has 0 amide bonds. The molecule has 1 rings (SSSR count). The van der Waals surface area contributed by atoms with Crippen LogP contribution < -0.4 is 0 Å². The number of hydrogen-bond acceptors (Lipinski definition) is 4. The first-order valence-corrected chi connectivity index (χ1v) is 7.02. The Hall–Kier alpha value is -1.43. The van der Waals surface area contributed by atoms with Crippen LogP contribution in [0, 0.1) is 5.92 Å². The summed E-state index contributed by atoms with van der Waals surface area (Å²) in [5.41, 5.74) is 0.156. The Bertz CT molecular complexity index is 479. The van der Waals surface area contributed by atoms with Crippen LogP contribution in [0.3, 0.4) is 0 Å². The first-order chi connectivity index (χ1) is 9.17. The molecule has 0 bridgehead atoms. The lowest BCUT2D eigenvalue weighted by Crippen LogP contribution is -2.28. The van der Waals surface area contributed by atoms with Crippen LogP contribution in [-0.4, -0.2) is 27.6 Å². The monoisotopic (exact) mass is 343 g/mol. The van der Waals surface area contributed by atoms with Gasteiger partial charge in [-0.2, -0.15) is 0 Å². The second-order valence-electron chi connectivity index (χ2n) is 5.52. The molecule has 0 aliphatic rings. The number of ether oxygens (including phenoxy) is 1. The predicted octanol–water partition coefficient (Wildman–Crippen LogP) is 2.82. The smallest absolute Gasteiger partial charge is 0.307 e. The van der Waals surface area contributed by atoms with Crippen molar-refractivity contribution in [2.45, 2.75) is 39.2 Å². The summed E-state index contributed by atoms with van der Waals surface area (Å²) >= 11 is 3.21. The molecule has 1 unspecified atom stereocenters. The van der Waals surface area contributed by atoms with Crippen LogP contribution in [0.2, 0.25) is 0 Å². The van der Waals surface area contributed by atoms with E-state index in [1.165, 1.54) is 0 Å². The third-order valence-corrected chi connectivity index (χ3v) is 2.92. The third kappa shape index (κ3) is 6.14. The minimum Gasteiger partial charge on any atom is -0.481 e. The molecule has 0 aliphatic heterocycles. The van der Waals surface area contributed by atoms with Crippen LogP contribution >= 0.6 is 15.9 Å². The lowest BCUT2D eigenvalue weighted by Gasteiger charge is -2.21. The number of carboxylic acids is 1. The van der Waals surface area contributed by atoms with Gasteiger partial charge in [0.25, 0.3) is 0 Å². The van der Waals surface area contributed by atoms with Crippen LogP contribution in [0.4, 0.5) is 0 Å². The van der Waals surface area contributed by atoms with E-state index in [0.29, 0.717) is 4.60 Å². The van der Waals surface area contributed by atoms with Gasteiger partial charge in [0.05, 0.1) is 12.3 Å². The van der Waals surface area contributed by atoms with Gasteiger partial charge in [-0.1, -0.05) is 6.07 Å². The van der Waals surface area contributed by atoms with Crippen molar-refractivity contribution >= 4 is 27.9 Å². The van der Waals surface area contributed by atoms with Gasteiger partial charge in [0.15, 0.2) is 0 Å². The van der Waals surface area contributed by atoms with Crippen molar-refractivity contribution in [3.05, 3.63) is 28.5 Å². The van der Waals surface area contributed by atoms with Gasteiger partial charge in [0.2, 0.25) is 0 Å². The molecule has 0 saturated heterocycles. The number of nitrogens with zero attached hydrogens (tertiary/aromatic N) is 1. The highest BCUT2D eigenvalue weighted by Crippen LogP contribution is 2.17. The molecule has 1 N–H and O–H groups in total. The van der Waals surface area contributed by atoms with Crippen LogP contribution in [0.5, 0.6) is 0 Å². The topological polar surface area (TPSA) is 76.5 Å². The van der Waals surface area contributed by atoms with Crippen molar-refractivity contribution in [2.24, 2.45) is 5.92 Å². The fourth-order valence-corrected chi connectivity index (χ4v) is 1.88. The molecule has 110 valence electrons. The summed E-state index contributed by atoms with van der Waals surface area (Å²) in [6, 6.07) is 3.52. The van der Waals surface area contributed by atoms with Gasteiger partial charge in [-0.05, 0) is 54.8 Å². The molecule has 5 nitrogen and oxygen atoms in total. The third-order valence-electron chi connectivity index (χ3n) is 2.45. The van der Waals surface area contributed by atoms with E-state index in [4.69, 9.17) is 4.74 Å². The second kappa shape index (κ2) is 6.83. The Labute approximate surface area is 126 Å². The number of esters is 1. The maximum atomic E-state index is 11.7. The predicted molar refractivity (Wildman–Crippen MR) is 77.2 cm³/mol. The molecule has 0 saturated carbocycles. The van der Waals surface area contributed by atoms with Crippen LogP contribution in [0.25, 0.3) is 0 Å². The summed E-state index contributed by atoms with van der Waals surface area (Å²) in [6.45, 7) is 5.25. The normalized spacial score (nSPS) is 12.8. The molecular formula is C14H18BrNO4. The molecular weight excluding hydrogens is 326 g/mol. The average molecular weight is 344 g/mol. The van der Waals surface area contributed by atoms with E-state index in [9.17, 15) is 14.7 Å². The molecule has 6 heteroatoms. The minimum absolute atomic E-state index is 0.150. The van der Waals surface area contributed by atoms with Crippen molar-refractivity contribution in [1.82, 2.24) is 4.98 Å².